The number of hydrogen-bond acceptors (Lipinski definition) is 5. The van der Waals surface area contributed by atoms with Crippen molar-refractivity contribution >= 4 is 38.6 Å². The maximum Gasteiger partial charge on any atom is 0.263 e. The van der Waals surface area contributed by atoms with Gasteiger partial charge in [0.2, 0.25) is 10.0 Å². The largest absolute Gasteiger partial charge is 0.338 e. The van der Waals surface area contributed by atoms with Gasteiger partial charge in [-0.15, -0.1) is 22.7 Å². The molecule has 152 valence electrons. The molecule has 1 N–H and O–H groups in total. The minimum Gasteiger partial charge on any atom is -0.338 e. The number of likely N-dealkylation sites (tertiary alicyclic amines) is 1. The lowest BCUT2D eigenvalue weighted by Gasteiger charge is -2.31. The van der Waals surface area contributed by atoms with E-state index in [4.69, 9.17) is 0 Å². The van der Waals surface area contributed by atoms with Crippen LogP contribution in [0.2, 0.25) is 0 Å². The number of hydrogen-bond donors (Lipinski definition) is 1. The summed E-state index contributed by atoms with van der Waals surface area (Å²) in [6.45, 7) is 3.43. The van der Waals surface area contributed by atoms with Crippen LogP contribution in [0.1, 0.15) is 52.7 Å². The molecule has 5 nitrogen and oxygen atoms in total. The number of nitrogens with zero attached hydrogens (tertiary/aromatic N) is 1. The lowest BCUT2D eigenvalue weighted by Crippen LogP contribution is -2.46. The molecule has 0 aromatic carbocycles. The number of fused-ring (bicyclic) bond motifs is 1. The van der Waals surface area contributed by atoms with E-state index in [-0.39, 0.29) is 11.9 Å². The number of carbonyl (C=O) groups excluding carboxylic acids is 1. The van der Waals surface area contributed by atoms with E-state index in [0.717, 1.165) is 23.6 Å². The number of sulfonamides is 1. The lowest BCUT2D eigenvalue weighted by molar-refractivity contribution is 0.0716. The van der Waals surface area contributed by atoms with Crippen molar-refractivity contribution in [3.05, 3.63) is 38.9 Å². The van der Waals surface area contributed by atoms with Gasteiger partial charge in [0.15, 0.2) is 0 Å². The van der Waals surface area contributed by atoms with E-state index in [0.29, 0.717) is 30.1 Å². The third kappa shape index (κ3) is 4.20. The van der Waals surface area contributed by atoms with Crippen molar-refractivity contribution in [2.24, 2.45) is 5.92 Å². The number of piperidine rings is 1. The number of carbonyl (C=O) groups is 1. The number of thiophene rings is 2. The van der Waals surface area contributed by atoms with Gasteiger partial charge in [0.1, 0.15) is 4.21 Å². The molecular formula is C20H26N2O3S3. The van der Waals surface area contributed by atoms with E-state index in [1.165, 1.54) is 34.6 Å². The second-order valence-corrected chi connectivity index (χ2v) is 11.7. The molecule has 28 heavy (non-hydrogen) atoms. The van der Waals surface area contributed by atoms with Crippen LogP contribution in [0.5, 0.6) is 0 Å². The first-order valence-corrected chi connectivity index (χ1v) is 13.1. The molecule has 0 bridgehead atoms. The van der Waals surface area contributed by atoms with Crippen LogP contribution in [0.15, 0.2) is 27.8 Å². The molecule has 1 aliphatic carbocycles. The molecule has 8 heteroatoms. The zero-order chi connectivity index (χ0) is 19.7. The summed E-state index contributed by atoms with van der Waals surface area (Å²) in [6, 6.07) is 5.35. The molecule has 1 saturated heterocycles. The molecule has 1 fully saturated rings. The summed E-state index contributed by atoms with van der Waals surface area (Å²) in [7, 11) is -3.45. The van der Waals surface area contributed by atoms with Gasteiger partial charge in [0.25, 0.3) is 5.91 Å². The minimum atomic E-state index is -3.45. The normalized spacial score (nSPS) is 20.9. The predicted octanol–water partition coefficient (Wildman–Crippen LogP) is 3.91. The van der Waals surface area contributed by atoms with Gasteiger partial charge in [0, 0.05) is 24.0 Å². The first-order chi connectivity index (χ1) is 13.5. The quantitative estimate of drug-likeness (QED) is 0.770. The molecule has 4 rings (SSSR count). The molecule has 1 amide bonds. The molecule has 2 aliphatic rings. The van der Waals surface area contributed by atoms with Crippen LogP contribution in [-0.2, 0) is 22.9 Å². The Morgan fingerprint density at radius 2 is 2.07 bits per heavy atom. The smallest absolute Gasteiger partial charge is 0.263 e. The summed E-state index contributed by atoms with van der Waals surface area (Å²) in [5.74, 6) is 0.851. The van der Waals surface area contributed by atoms with Gasteiger partial charge in [0.05, 0.1) is 4.88 Å². The number of amides is 1. The minimum absolute atomic E-state index is 0.104. The van der Waals surface area contributed by atoms with Crippen molar-refractivity contribution in [3.8, 4) is 0 Å². The SMILES string of the molecule is CCC1CCc2sc(C(=O)N3CCC(NS(=O)(=O)c4cccs4)CC3)cc2C1. The molecule has 1 atom stereocenters. The topological polar surface area (TPSA) is 66.5 Å². The molecular weight excluding hydrogens is 412 g/mol. The summed E-state index contributed by atoms with van der Waals surface area (Å²) < 4.78 is 27.9. The second-order valence-electron chi connectivity index (χ2n) is 7.70. The van der Waals surface area contributed by atoms with E-state index >= 15 is 0 Å². The highest BCUT2D eigenvalue weighted by atomic mass is 32.2. The van der Waals surface area contributed by atoms with Crippen LogP contribution >= 0.6 is 22.7 Å². The Balaban J connectivity index is 1.35. The van der Waals surface area contributed by atoms with Crippen molar-refractivity contribution in [2.75, 3.05) is 13.1 Å². The zero-order valence-corrected chi connectivity index (χ0v) is 18.5. The monoisotopic (exact) mass is 438 g/mol. The van der Waals surface area contributed by atoms with E-state index in [1.807, 2.05) is 4.90 Å². The molecule has 3 heterocycles. The van der Waals surface area contributed by atoms with Crippen LogP contribution in [-0.4, -0.2) is 38.4 Å². The molecule has 0 saturated carbocycles. The van der Waals surface area contributed by atoms with Crippen LogP contribution in [0.3, 0.4) is 0 Å². The lowest BCUT2D eigenvalue weighted by atomic mass is 9.87. The molecule has 2 aromatic rings. The maximum atomic E-state index is 12.9. The van der Waals surface area contributed by atoms with E-state index in [1.54, 1.807) is 28.8 Å². The Kier molecular flexibility index (Phi) is 5.92. The average molecular weight is 439 g/mol. The van der Waals surface area contributed by atoms with Crippen LogP contribution in [0.25, 0.3) is 0 Å². The molecule has 0 radical (unpaired) electrons. The standard InChI is InChI=1S/C20H26N2O3S3/c1-2-14-5-6-17-15(12-14)13-18(27-17)20(23)22-9-7-16(8-10-22)21-28(24,25)19-4-3-11-26-19/h3-4,11,13-14,16,21H,2,5-10,12H2,1H3. The van der Waals surface area contributed by atoms with Crippen molar-refractivity contribution in [3.63, 3.8) is 0 Å². The molecule has 1 aliphatic heterocycles. The highest BCUT2D eigenvalue weighted by molar-refractivity contribution is 7.91. The van der Waals surface area contributed by atoms with Gasteiger partial charge in [-0.1, -0.05) is 19.4 Å². The van der Waals surface area contributed by atoms with Crippen molar-refractivity contribution in [1.29, 1.82) is 0 Å². The van der Waals surface area contributed by atoms with Crippen molar-refractivity contribution in [2.45, 2.75) is 55.7 Å². The van der Waals surface area contributed by atoms with E-state index in [9.17, 15) is 13.2 Å². The van der Waals surface area contributed by atoms with Gasteiger partial charge in [-0.25, -0.2) is 13.1 Å². The Bertz CT molecular complexity index is 926. The molecule has 2 aromatic heterocycles. The van der Waals surface area contributed by atoms with Crippen LogP contribution in [0.4, 0.5) is 0 Å². The Hall–Kier alpha value is -1.22. The highest BCUT2D eigenvalue weighted by Gasteiger charge is 2.29. The van der Waals surface area contributed by atoms with Gasteiger partial charge in [-0.3, -0.25) is 4.79 Å². The van der Waals surface area contributed by atoms with Crippen LogP contribution in [0, 0.1) is 5.92 Å². The van der Waals surface area contributed by atoms with Crippen molar-refractivity contribution < 1.29 is 13.2 Å². The highest BCUT2D eigenvalue weighted by Crippen LogP contribution is 2.34. The van der Waals surface area contributed by atoms with Crippen molar-refractivity contribution in [1.82, 2.24) is 9.62 Å². The van der Waals surface area contributed by atoms with Gasteiger partial charge < -0.3 is 4.90 Å². The third-order valence-electron chi connectivity index (χ3n) is 5.84. The third-order valence-corrected chi connectivity index (χ3v) is 9.98. The number of rotatable bonds is 5. The number of aryl methyl sites for hydroxylation is 1. The second kappa shape index (κ2) is 8.26. The van der Waals surface area contributed by atoms with Gasteiger partial charge in [-0.2, -0.15) is 0 Å². The van der Waals surface area contributed by atoms with E-state index < -0.39 is 10.0 Å². The van der Waals surface area contributed by atoms with Gasteiger partial charge in [-0.05, 0) is 61.1 Å². The first kappa shape index (κ1) is 20.1. The van der Waals surface area contributed by atoms with Crippen LogP contribution < -0.4 is 4.72 Å². The Morgan fingerprint density at radius 1 is 1.29 bits per heavy atom. The molecule has 1 unspecified atom stereocenters. The summed E-state index contributed by atoms with van der Waals surface area (Å²) in [5.41, 5.74) is 1.37. The zero-order valence-electron chi connectivity index (χ0n) is 16.0. The summed E-state index contributed by atoms with van der Waals surface area (Å²) in [4.78, 5) is 17.1. The Labute approximate surface area is 174 Å². The number of nitrogens with one attached hydrogen (secondary N) is 1. The summed E-state index contributed by atoms with van der Waals surface area (Å²) in [5, 5.41) is 1.76. The fraction of sp³-hybridized carbons (Fsp3) is 0.550. The van der Waals surface area contributed by atoms with Gasteiger partial charge >= 0.3 is 0 Å². The fourth-order valence-electron chi connectivity index (χ4n) is 4.10. The molecule has 0 spiro atoms. The van der Waals surface area contributed by atoms with E-state index in [2.05, 4.69) is 17.7 Å². The summed E-state index contributed by atoms with van der Waals surface area (Å²) in [6.07, 6.45) is 5.93. The fourth-order valence-corrected chi connectivity index (χ4v) is 7.59. The average Bonchev–Trinajstić information content (AvgIpc) is 3.37. The summed E-state index contributed by atoms with van der Waals surface area (Å²) >= 11 is 2.88. The Morgan fingerprint density at radius 3 is 2.75 bits per heavy atom. The first-order valence-electron chi connectivity index (χ1n) is 9.93. The predicted molar refractivity (Wildman–Crippen MR) is 114 cm³/mol. The maximum absolute atomic E-state index is 12.9.